The quantitative estimate of drug-likeness (QED) is 0.763. The summed E-state index contributed by atoms with van der Waals surface area (Å²) >= 11 is 0. The van der Waals surface area contributed by atoms with Crippen LogP contribution in [-0.2, 0) is 6.42 Å². The Labute approximate surface area is 114 Å². The first-order valence-electron chi connectivity index (χ1n) is 6.97. The van der Waals surface area contributed by atoms with E-state index < -0.39 is 0 Å². The van der Waals surface area contributed by atoms with Gasteiger partial charge in [0.15, 0.2) is 0 Å². The SMILES string of the molecule is NCCc1ccccc1C(=O)NC1CCC(O)CC1. The van der Waals surface area contributed by atoms with E-state index in [4.69, 9.17) is 5.73 Å². The summed E-state index contributed by atoms with van der Waals surface area (Å²) in [6.07, 6.45) is 3.77. The third kappa shape index (κ3) is 3.78. The first kappa shape index (κ1) is 14.0. The molecule has 0 bridgehead atoms. The van der Waals surface area contributed by atoms with Crippen LogP contribution in [0.25, 0.3) is 0 Å². The summed E-state index contributed by atoms with van der Waals surface area (Å²) in [7, 11) is 0. The lowest BCUT2D eigenvalue weighted by atomic mass is 9.92. The Hall–Kier alpha value is -1.39. The standard InChI is InChI=1S/C15H22N2O2/c16-10-9-11-3-1-2-4-14(11)15(19)17-12-5-7-13(18)8-6-12/h1-4,12-13,18H,5-10,16H2,(H,17,19). The Morgan fingerprint density at radius 2 is 1.95 bits per heavy atom. The van der Waals surface area contributed by atoms with Crippen molar-refractivity contribution in [1.29, 1.82) is 0 Å². The average molecular weight is 262 g/mol. The third-order valence-corrected chi connectivity index (χ3v) is 3.71. The highest BCUT2D eigenvalue weighted by molar-refractivity contribution is 5.95. The molecule has 1 saturated carbocycles. The number of rotatable bonds is 4. The van der Waals surface area contributed by atoms with Gasteiger partial charge in [-0.15, -0.1) is 0 Å². The number of benzene rings is 1. The molecule has 1 aliphatic rings. The zero-order valence-electron chi connectivity index (χ0n) is 11.1. The van der Waals surface area contributed by atoms with Gasteiger partial charge < -0.3 is 16.2 Å². The van der Waals surface area contributed by atoms with E-state index in [0.29, 0.717) is 13.0 Å². The maximum Gasteiger partial charge on any atom is 0.251 e. The number of hydrogen-bond acceptors (Lipinski definition) is 3. The topological polar surface area (TPSA) is 75.4 Å². The molecule has 19 heavy (non-hydrogen) atoms. The molecule has 4 heteroatoms. The number of hydrogen-bond donors (Lipinski definition) is 3. The molecule has 1 amide bonds. The van der Waals surface area contributed by atoms with Crippen molar-refractivity contribution in [3.05, 3.63) is 35.4 Å². The lowest BCUT2D eigenvalue weighted by molar-refractivity contribution is 0.0867. The van der Waals surface area contributed by atoms with Crippen LogP contribution in [0.3, 0.4) is 0 Å². The number of nitrogens with two attached hydrogens (primary N) is 1. The molecule has 1 fully saturated rings. The van der Waals surface area contributed by atoms with Crippen molar-refractivity contribution in [3.8, 4) is 0 Å². The predicted molar refractivity (Wildman–Crippen MR) is 74.9 cm³/mol. The minimum Gasteiger partial charge on any atom is -0.393 e. The van der Waals surface area contributed by atoms with E-state index in [9.17, 15) is 9.90 Å². The number of nitrogens with one attached hydrogen (secondary N) is 1. The van der Waals surface area contributed by atoms with E-state index in [1.807, 2.05) is 24.3 Å². The van der Waals surface area contributed by atoms with E-state index in [2.05, 4.69) is 5.32 Å². The molecule has 0 atom stereocenters. The number of carbonyl (C=O) groups is 1. The van der Waals surface area contributed by atoms with E-state index in [-0.39, 0.29) is 18.1 Å². The molecule has 4 N–H and O–H groups in total. The van der Waals surface area contributed by atoms with Crippen molar-refractivity contribution in [1.82, 2.24) is 5.32 Å². The molecule has 0 aromatic heterocycles. The van der Waals surface area contributed by atoms with Gasteiger partial charge in [0, 0.05) is 11.6 Å². The molecule has 0 unspecified atom stereocenters. The third-order valence-electron chi connectivity index (χ3n) is 3.71. The largest absolute Gasteiger partial charge is 0.393 e. The molecule has 0 spiro atoms. The number of aliphatic hydroxyl groups is 1. The fourth-order valence-electron chi connectivity index (χ4n) is 2.60. The van der Waals surface area contributed by atoms with Crippen LogP contribution >= 0.6 is 0 Å². The Morgan fingerprint density at radius 3 is 2.63 bits per heavy atom. The van der Waals surface area contributed by atoms with Crippen LogP contribution in [0.15, 0.2) is 24.3 Å². The average Bonchev–Trinajstić information content (AvgIpc) is 2.42. The molecule has 2 rings (SSSR count). The van der Waals surface area contributed by atoms with E-state index >= 15 is 0 Å². The van der Waals surface area contributed by atoms with Crippen LogP contribution in [0.1, 0.15) is 41.6 Å². The van der Waals surface area contributed by atoms with Crippen molar-refractivity contribution in [2.75, 3.05) is 6.54 Å². The van der Waals surface area contributed by atoms with Crippen LogP contribution in [0.5, 0.6) is 0 Å². The Bertz CT molecular complexity index is 426. The maximum atomic E-state index is 12.3. The van der Waals surface area contributed by atoms with Crippen molar-refractivity contribution in [2.24, 2.45) is 5.73 Å². The minimum absolute atomic E-state index is 0.0227. The highest BCUT2D eigenvalue weighted by Gasteiger charge is 2.21. The van der Waals surface area contributed by atoms with Gasteiger partial charge in [0.1, 0.15) is 0 Å². The molecular weight excluding hydrogens is 240 g/mol. The molecule has 1 aromatic carbocycles. The number of amides is 1. The van der Waals surface area contributed by atoms with Crippen LogP contribution < -0.4 is 11.1 Å². The van der Waals surface area contributed by atoms with E-state index in [0.717, 1.165) is 36.8 Å². The molecule has 1 aliphatic carbocycles. The zero-order chi connectivity index (χ0) is 13.7. The second-order valence-corrected chi connectivity index (χ2v) is 5.17. The summed E-state index contributed by atoms with van der Waals surface area (Å²) in [5.74, 6) is -0.0227. The van der Waals surface area contributed by atoms with Gasteiger partial charge in [0.25, 0.3) is 5.91 Å². The minimum atomic E-state index is -0.197. The first-order chi connectivity index (χ1) is 9.20. The van der Waals surface area contributed by atoms with Gasteiger partial charge in [0.2, 0.25) is 0 Å². The summed E-state index contributed by atoms with van der Waals surface area (Å²) < 4.78 is 0. The lowest BCUT2D eigenvalue weighted by Gasteiger charge is -2.26. The van der Waals surface area contributed by atoms with Crippen LogP contribution in [0.4, 0.5) is 0 Å². The summed E-state index contributed by atoms with van der Waals surface area (Å²) in [4.78, 5) is 12.3. The van der Waals surface area contributed by atoms with Crippen LogP contribution in [0, 0.1) is 0 Å². The van der Waals surface area contributed by atoms with Gasteiger partial charge in [-0.1, -0.05) is 18.2 Å². The summed E-state index contributed by atoms with van der Waals surface area (Å²) in [5, 5.41) is 12.5. The van der Waals surface area contributed by atoms with Gasteiger partial charge in [-0.25, -0.2) is 0 Å². The normalized spacial score (nSPS) is 23.1. The Balaban J connectivity index is 1.99. The fraction of sp³-hybridized carbons (Fsp3) is 0.533. The van der Waals surface area contributed by atoms with Gasteiger partial charge in [-0.05, 0) is 50.3 Å². The monoisotopic (exact) mass is 262 g/mol. The Kier molecular flexibility index (Phi) is 4.93. The first-order valence-corrected chi connectivity index (χ1v) is 6.97. The van der Waals surface area contributed by atoms with E-state index in [1.54, 1.807) is 0 Å². The van der Waals surface area contributed by atoms with E-state index in [1.165, 1.54) is 0 Å². The lowest BCUT2D eigenvalue weighted by Crippen LogP contribution is -2.39. The number of aliphatic hydroxyl groups excluding tert-OH is 1. The molecule has 0 radical (unpaired) electrons. The summed E-state index contributed by atoms with van der Waals surface area (Å²) in [5.41, 5.74) is 7.29. The van der Waals surface area contributed by atoms with Crippen LogP contribution in [-0.4, -0.2) is 29.7 Å². The summed E-state index contributed by atoms with van der Waals surface area (Å²) in [6.45, 7) is 0.542. The van der Waals surface area contributed by atoms with Crippen molar-refractivity contribution in [3.63, 3.8) is 0 Å². The van der Waals surface area contributed by atoms with Crippen molar-refractivity contribution >= 4 is 5.91 Å². The second kappa shape index (κ2) is 6.68. The molecular formula is C15H22N2O2. The van der Waals surface area contributed by atoms with Crippen molar-refractivity contribution < 1.29 is 9.90 Å². The molecule has 0 aliphatic heterocycles. The molecule has 0 saturated heterocycles. The molecule has 1 aromatic rings. The maximum absolute atomic E-state index is 12.3. The highest BCUT2D eigenvalue weighted by atomic mass is 16.3. The van der Waals surface area contributed by atoms with Crippen LogP contribution in [0.2, 0.25) is 0 Å². The van der Waals surface area contributed by atoms with Gasteiger partial charge in [0.05, 0.1) is 6.10 Å². The smallest absolute Gasteiger partial charge is 0.251 e. The van der Waals surface area contributed by atoms with Gasteiger partial charge >= 0.3 is 0 Å². The molecule has 4 nitrogen and oxygen atoms in total. The predicted octanol–water partition coefficient (Wildman–Crippen LogP) is 1.22. The second-order valence-electron chi connectivity index (χ2n) is 5.17. The van der Waals surface area contributed by atoms with Crippen molar-refractivity contribution in [2.45, 2.75) is 44.2 Å². The zero-order valence-corrected chi connectivity index (χ0v) is 11.1. The van der Waals surface area contributed by atoms with Gasteiger partial charge in [-0.2, -0.15) is 0 Å². The highest BCUT2D eigenvalue weighted by Crippen LogP contribution is 2.19. The fourth-order valence-corrected chi connectivity index (χ4v) is 2.60. The molecule has 104 valence electrons. The summed E-state index contributed by atoms with van der Waals surface area (Å²) in [6, 6.07) is 7.78. The molecule has 0 heterocycles. The number of carbonyl (C=O) groups excluding carboxylic acids is 1. The van der Waals surface area contributed by atoms with Gasteiger partial charge in [-0.3, -0.25) is 4.79 Å². The Morgan fingerprint density at radius 1 is 1.26 bits per heavy atom.